The van der Waals surface area contributed by atoms with E-state index in [4.69, 9.17) is 9.47 Å². The largest absolute Gasteiger partial charge is 0.358 e. The number of nitrogens with zero attached hydrogens (tertiary/aromatic N) is 1. The fraction of sp³-hybridized carbons (Fsp3) is 0.429. The Hall–Kier alpha value is -2.12. The molecule has 116 valence electrons. The molecule has 0 atom stereocenters. The highest BCUT2D eigenvalue weighted by Gasteiger charge is 2.21. The van der Waals surface area contributed by atoms with Crippen LogP contribution in [-0.4, -0.2) is 57.5 Å². The van der Waals surface area contributed by atoms with Gasteiger partial charge in [0.25, 0.3) is 0 Å². The van der Waals surface area contributed by atoms with Gasteiger partial charge in [0.1, 0.15) is 6.54 Å². The number of rotatable bonds is 7. The molecule has 0 heterocycles. The van der Waals surface area contributed by atoms with Crippen molar-refractivity contribution in [3.63, 3.8) is 0 Å². The lowest BCUT2D eigenvalue weighted by Crippen LogP contribution is -2.46. The summed E-state index contributed by atoms with van der Waals surface area (Å²) in [6.45, 7) is 0.0530. The van der Waals surface area contributed by atoms with Crippen molar-refractivity contribution in [1.29, 1.82) is 0 Å². The fourth-order valence-electron chi connectivity index (χ4n) is 1.62. The molecule has 0 fully saturated rings. The van der Waals surface area contributed by atoms with Crippen LogP contribution in [0.15, 0.2) is 30.3 Å². The van der Waals surface area contributed by atoms with Crippen molar-refractivity contribution in [2.24, 2.45) is 0 Å². The molecule has 0 aliphatic carbocycles. The van der Waals surface area contributed by atoms with Gasteiger partial charge < -0.3 is 25.0 Å². The third-order valence-corrected chi connectivity index (χ3v) is 2.82. The first-order valence-electron chi connectivity index (χ1n) is 6.47. The zero-order chi connectivity index (χ0) is 15.7. The lowest BCUT2D eigenvalue weighted by Gasteiger charge is -2.25. The van der Waals surface area contributed by atoms with Gasteiger partial charge >= 0.3 is 6.03 Å². The number of amides is 3. The third kappa shape index (κ3) is 5.80. The van der Waals surface area contributed by atoms with Gasteiger partial charge in [-0.2, -0.15) is 0 Å². The molecule has 0 radical (unpaired) electrons. The Balaban J connectivity index is 2.74. The number of carbonyl (C=O) groups excluding carboxylic acids is 2. The maximum absolute atomic E-state index is 12.3. The van der Waals surface area contributed by atoms with Crippen LogP contribution >= 0.6 is 0 Å². The van der Waals surface area contributed by atoms with Crippen molar-refractivity contribution in [3.8, 4) is 0 Å². The molecule has 0 spiro atoms. The standard InChI is InChI=1S/C14H21N3O4/c1-15-12(18)9-17(10-13(20-2)21-3)14(19)16-11-7-5-4-6-8-11/h4-8,13H,9-10H2,1-3H3,(H,15,18)(H,16,19). The average Bonchev–Trinajstić information content (AvgIpc) is 2.51. The van der Waals surface area contributed by atoms with Crippen molar-refractivity contribution >= 4 is 17.6 Å². The topological polar surface area (TPSA) is 79.9 Å². The molecule has 0 aliphatic heterocycles. The highest BCUT2D eigenvalue weighted by atomic mass is 16.7. The smallest absolute Gasteiger partial charge is 0.322 e. The first-order chi connectivity index (χ1) is 10.1. The lowest BCUT2D eigenvalue weighted by molar-refractivity contribution is -0.126. The predicted molar refractivity (Wildman–Crippen MR) is 78.9 cm³/mol. The molecule has 0 saturated heterocycles. The van der Waals surface area contributed by atoms with Crippen LogP contribution in [0.4, 0.5) is 10.5 Å². The molecule has 0 aliphatic rings. The van der Waals surface area contributed by atoms with Gasteiger partial charge in [-0.1, -0.05) is 18.2 Å². The third-order valence-electron chi connectivity index (χ3n) is 2.82. The minimum atomic E-state index is -0.601. The van der Waals surface area contributed by atoms with Gasteiger partial charge in [0, 0.05) is 27.0 Å². The number of benzene rings is 1. The summed E-state index contributed by atoms with van der Waals surface area (Å²) in [4.78, 5) is 25.1. The number of nitrogens with one attached hydrogen (secondary N) is 2. The lowest BCUT2D eigenvalue weighted by atomic mass is 10.3. The van der Waals surface area contributed by atoms with E-state index in [1.807, 2.05) is 18.2 Å². The predicted octanol–water partition coefficient (Wildman–Crippen LogP) is 0.885. The molecule has 0 bridgehead atoms. The molecule has 21 heavy (non-hydrogen) atoms. The number of hydrogen-bond acceptors (Lipinski definition) is 4. The molecule has 1 rings (SSSR count). The van der Waals surface area contributed by atoms with Gasteiger partial charge in [0.15, 0.2) is 6.29 Å². The van der Waals surface area contributed by atoms with Gasteiger partial charge in [-0.3, -0.25) is 4.79 Å². The minimum absolute atomic E-state index is 0.0849. The van der Waals surface area contributed by atoms with Gasteiger partial charge in [0.2, 0.25) is 5.91 Å². The fourth-order valence-corrected chi connectivity index (χ4v) is 1.62. The first kappa shape index (κ1) is 16.9. The van der Waals surface area contributed by atoms with Crippen LogP contribution in [0.3, 0.4) is 0 Å². The van der Waals surface area contributed by atoms with E-state index in [1.165, 1.54) is 26.2 Å². The summed E-state index contributed by atoms with van der Waals surface area (Å²) in [6.07, 6.45) is -0.601. The Bertz CT molecular complexity index is 449. The number of urea groups is 1. The number of carbonyl (C=O) groups is 2. The maximum atomic E-state index is 12.3. The Labute approximate surface area is 124 Å². The van der Waals surface area contributed by atoms with Crippen LogP contribution in [0.2, 0.25) is 0 Å². The second-order valence-corrected chi connectivity index (χ2v) is 4.25. The second kappa shape index (κ2) is 8.93. The van der Waals surface area contributed by atoms with Gasteiger partial charge in [-0.15, -0.1) is 0 Å². The number of anilines is 1. The van der Waals surface area contributed by atoms with Crippen molar-refractivity contribution in [1.82, 2.24) is 10.2 Å². The molecule has 1 aromatic rings. The Morgan fingerprint density at radius 2 is 1.81 bits per heavy atom. The summed E-state index contributed by atoms with van der Waals surface area (Å²) in [5.41, 5.74) is 0.649. The minimum Gasteiger partial charge on any atom is -0.358 e. The van der Waals surface area contributed by atoms with E-state index >= 15 is 0 Å². The number of ether oxygens (including phenoxy) is 2. The van der Waals surface area contributed by atoms with Crippen molar-refractivity contribution in [3.05, 3.63) is 30.3 Å². The van der Waals surface area contributed by atoms with E-state index < -0.39 is 12.3 Å². The Morgan fingerprint density at radius 3 is 2.33 bits per heavy atom. The van der Waals surface area contributed by atoms with E-state index in [1.54, 1.807) is 12.1 Å². The summed E-state index contributed by atoms with van der Waals surface area (Å²) in [5, 5.41) is 5.20. The summed E-state index contributed by atoms with van der Waals surface area (Å²) in [5.74, 6) is -0.274. The molecule has 0 aromatic heterocycles. The van der Waals surface area contributed by atoms with E-state index in [0.29, 0.717) is 5.69 Å². The molecule has 2 N–H and O–H groups in total. The number of likely N-dealkylation sites (N-methyl/N-ethyl adjacent to an activating group) is 1. The van der Waals surface area contributed by atoms with Gasteiger partial charge in [-0.25, -0.2) is 4.79 Å². The maximum Gasteiger partial charge on any atom is 0.322 e. The molecular formula is C14H21N3O4. The van der Waals surface area contributed by atoms with Crippen molar-refractivity contribution in [2.45, 2.75) is 6.29 Å². The van der Waals surface area contributed by atoms with E-state index in [-0.39, 0.29) is 19.0 Å². The van der Waals surface area contributed by atoms with Crippen molar-refractivity contribution < 1.29 is 19.1 Å². The van der Waals surface area contributed by atoms with Crippen LogP contribution in [0.1, 0.15) is 0 Å². The van der Waals surface area contributed by atoms with Gasteiger partial charge in [0.05, 0.1) is 6.54 Å². The number of methoxy groups -OCH3 is 2. The average molecular weight is 295 g/mol. The van der Waals surface area contributed by atoms with Crippen LogP contribution in [-0.2, 0) is 14.3 Å². The Kier molecular flexibility index (Phi) is 7.20. The Morgan fingerprint density at radius 1 is 1.19 bits per heavy atom. The summed E-state index contributed by atoms with van der Waals surface area (Å²) < 4.78 is 10.1. The summed E-state index contributed by atoms with van der Waals surface area (Å²) in [6, 6.07) is 8.60. The monoisotopic (exact) mass is 295 g/mol. The number of para-hydroxylation sites is 1. The first-order valence-corrected chi connectivity index (χ1v) is 6.47. The summed E-state index contributed by atoms with van der Waals surface area (Å²) in [7, 11) is 4.46. The zero-order valence-corrected chi connectivity index (χ0v) is 12.5. The van der Waals surface area contributed by atoms with E-state index in [9.17, 15) is 9.59 Å². The van der Waals surface area contributed by atoms with Gasteiger partial charge in [-0.05, 0) is 12.1 Å². The molecule has 1 aromatic carbocycles. The second-order valence-electron chi connectivity index (χ2n) is 4.25. The zero-order valence-electron chi connectivity index (χ0n) is 12.5. The van der Waals surface area contributed by atoms with E-state index in [0.717, 1.165) is 0 Å². The van der Waals surface area contributed by atoms with Crippen LogP contribution in [0.25, 0.3) is 0 Å². The molecule has 3 amide bonds. The number of hydrogen-bond donors (Lipinski definition) is 2. The van der Waals surface area contributed by atoms with Crippen LogP contribution in [0.5, 0.6) is 0 Å². The van der Waals surface area contributed by atoms with Crippen LogP contribution in [0, 0.1) is 0 Å². The van der Waals surface area contributed by atoms with Crippen LogP contribution < -0.4 is 10.6 Å². The molecule has 0 unspecified atom stereocenters. The normalized spacial score (nSPS) is 10.3. The summed E-state index contributed by atoms with van der Waals surface area (Å²) >= 11 is 0. The highest BCUT2D eigenvalue weighted by molar-refractivity contribution is 5.92. The van der Waals surface area contributed by atoms with Crippen molar-refractivity contribution in [2.75, 3.05) is 39.7 Å². The highest BCUT2D eigenvalue weighted by Crippen LogP contribution is 2.07. The SMILES string of the molecule is CNC(=O)CN(CC(OC)OC)C(=O)Nc1ccccc1. The molecule has 0 saturated carbocycles. The molecule has 7 heteroatoms. The molecular weight excluding hydrogens is 274 g/mol. The quantitative estimate of drug-likeness (QED) is 0.732. The van der Waals surface area contributed by atoms with E-state index in [2.05, 4.69) is 10.6 Å². The molecule has 7 nitrogen and oxygen atoms in total.